The highest BCUT2D eigenvalue weighted by Crippen LogP contribution is 1.95. The molecule has 1 heterocycles. The third-order valence-corrected chi connectivity index (χ3v) is 1.16. The number of amidine groups is 1. The van der Waals surface area contributed by atoms with Crippen LogP contribution in [0.2, 0.25) is 0 Å². The van der Waals surface area contributed by atoms with Crippen LogP contribution in [-0.2, 0) is 14.4 Å². The minimum absolute atomic E-state index is 0.0546. The normalized spacial score (nSPS) is 15.5. The molecule has 0 unspecified atom stereocenters. The lowest BCUT2D eigenvalue weighted by Crippen LogP contribution is -2.32. The van der Waals surface area contributed by atoms with Crippen molar-refractivity contribution in [3.05, 3.63) is 0 Å². The van der Waals surface area contributed by atoms with E-state index in [0.717, 1.165) is 0 Å². The lowest BCUT2D eigenvalue weighted by atomic mass is 10.4. The van der Waals surface area contributed by atoms with Crippen molar-refractivity contribution in [1.82, 2.24) is 5.32 Å². The van der Waals surface area contributed by atoms with Crippen LogP contribution in [0, 0.1) is 0 Å². The summed E-state index contributed by atoms with van der Waals surface area (Å²) in [6.07, 6.45) is 0.662. The highest BCUT2D eigenvalue weighted by atomic mass is 16.6. The molecule has 0 bridgehead atoms. The number of nitrogens with zero attached hydrogens (tertiary/aromatic N) is 1. The predicted octanol–water partition coefficient (Wildman–Crippen LogP) is -0.517. The average Bonchev–Trinajstić information content (AvgIpc) is 2.40. The Hall–Kier alpha value is -1.10. The number of methoxy groups -OCH3 is 1. The number of hydrogen-bond acceptors (Lipinski definition) is 4. The molecule has 5 nitrogen and oxygen atoms in total. The third kappa shape index (κ3) is 2.55. The molecule has 11 heavy (non-hydrogen) atoms. The van der Waals surface area contributed by atoms with E-state index >= 15 is 0 Å². The van der Waals surface area contributed by atoms with E-state index in [1.54, 1.807) is 0 Å². The lowest BCUT2D eigenvalue weighted by molar-refractivity contribution is -0.123. The summed E-state index contributed by atoms with van der Waals surface area (Å²) in [5.74, 6) is 0.379. The van der Waals surface area contributed by atoms with E-state index in [1.807, 2.05) is 0 Å². The molecule has 1 N–H and O–H groups in total. The summed E-state index contributed by atoms with van der Waals surface area (Å²) in [6.45, 7) is 0.599. The van der Waals surface area contributed by atoms with Gasteiger partial charge in [-0.3, -0.25) is 4.79 Å². The summed E-state index contributed by atoms with van der Waals surface area (Å²) < 4.78 is 4.61. The number of nitrogens with one attached hydrogen (secondary N) is 1. The molecule has 0 fully saturated rings. The van der Waals surface area contributed by atoms with Crippen LogP contribution < -0.4 is 5.32 Å². The standard InChI is InChI=1S/C6H10N2O3/c1-10-4-6(9)7-5-2-3-11-8-5/h2-4H2,1H3,(H,7,8,9). The minimum atomic E-state index is -0.197. The van der Waals surface area contributed by atoms with E-state index in [0.29, 0.717) is 18.9 Å². The molecule has 0 spiro atoms. The third-order valence-electron chi connectivity index (χ3n) is 1.16. The molecular weight excluding hydrogens is 148 g/mol. The van der Waals surface area contributed by atoms with E-state index in [4.69, 9.17) is 0 Å². The van der Waals surface area contributed by atoms with Gasteiger partial charge in [-0.1, -0.05) is 5.16 Å². The van der Waals surface area contributed by atoms with Crippen LogP contribution in [0.4, 0.5) is 0 Å². The summed E-state index contributed by atoms with van der Waals surface area (Å²) in [4.78, 5) is 15.5. The zero-order chi connectivity index (χ0) is 8.10. The highest BCUT2D eigenvalue weighted by molar-refractivity contribution is 5.98. The molecule has 0 atom stereocenters. The fourth-order valence-electron chi connectivity index (χ4n) is 0.725. The van der Waals surface area contributed by atoms with E-state index in [1.165, 1.54) is 7.11 Å². The topological polar surface area (TPSA) is 59.9 Å². The number of rotatable bonds is 2. The van der Waals surface area contributed by atoms with E-state index in [-0.39, 0.29) is 12.5 Å². The van der Waals surface area contributed by atoms with Crippen molar-refractivity contribution in [3.63, 3.8) is 0 Å². The Labute approximate surface area is 64.3 Å². The van der Waals surface area contributed by atoms with Gasteiger partial charge in [0.1, 0.15) is 13.2 Å². The van der Waals surface area contributed by atoms with Gasteiger partial charge in [-0.15, -0.1) is 0 Å². The predicted molar refractivity (Wildman–Crippen MR) is 38.0 cm³/mol. The van der Waals surface area contributed by atoms with Crippen molar-refractivity contribution in [2.24, 2.45) is 5.16 Å². The number of oxime groups is 1. The van der Waals surface area contributed by atoms with Gasteiger partial charge in [0.25, 0.3) is 5.91 Å². The fourth-order valence-corrected chi connectivity index (χ4v) is 0.725. The number of carbonyl (C=O) groups is 1. The van der Waals surface area contributed by atoms with E-state index in [9.17, 15) is 4.79 Å². The number of hydrogen-bond donors (Lipinski definition) is 1. The second kappa shape index (κ2) is 3.92. The molecule has 62 valence electrons. The van der Waals surface area contributed by atoms with Crippen LogP contribution in [0.5, 0.6) is 0 Å². The summed E-state index contributed by atoms with van der Waals surface area (Å²) in [5, 5.41) is 6.13. The second-order valence-electron chi connectivity index (χ2n) is 2.10. The smallest absolute Gasteiger partial charge is 0.251 e. The number of carbonyl (C=O) groups excluding carboxylic acids is 1. The second-order valence-corrected chi connectivity index (χ2v) is 2.10. The molecule has 0 aromatic carbocycles. The first-order valence-corrected chi connectivity index (χ1v) is 3.30. The van der Waals surface area contributed by atoms with Gasteiger partial charge in [0.15, 0.2) is 5.84 Å². The Bertz CT molecular complexity index is 179. The van der Waals surface area contributed by atoms with Gasteiger partial charge >= 0.3 is 0 Å². The van der Waals surface area contributed by atoms with Gasteiger partial charge < -0.3 is 14.9 Å². The molecule has 5 heteroatoms. The van der Waals surface area contributed by atoms with Crippen molar-refractivity contribution < 1.29 is 14.4 Å². The summed E-state index contributed by atoms with van der Waals surface area (Å²) in [5.41, 5.74) is 0. The van der Waals surface area contributed by atoms with Gasteiger partial charge in [-0.2, -0.15) is 0 Å². The molecule has 0 saturated carbocycles. The lowest BCUT2D eigenvalue weighted by Gasteiger charge is -1.99. The van der Waals surface area contributed by atoms with Crippen LogP contribution in [0.15, 0.2) is 5.16 Å². The molecule has 1 rings (SSSR count). The quantitative estimate of drug-likeness (QED) is 0.588. The maximum atomic E-state index is 10.8. The van der Waals surface area contributed by atoms with Crippen molar-refractivity contribution in [2.75, 3.05) is 20.3 Å². The molecule has 1 aliphatic heterocycles. The maximum Gasteiger partial charge on any atom is 0.251 e. The zero-order valence-corrected chi connectivity index (χ0v) is 6.29. The molecule has 0 aliphatic carbocycles. The summed E-state index contributed by atoms with van der Waals surface area (Å²) >= 11 is 0. The van der Waals surface area contributed by atoms with Crippen LogP contribution in [0.1, 0.15) is 6.42 Å². The molecule has 0 saturated heterocycles. The Morgan fingerprint density at radius 2 is 2.73 bits per heavy atom. The maximum absolute atomic E-state index is 10.8. The van der Waals surface area contributed by atoms with Crippen LogP contribution in [-0.4, -0.2) is 32.1 Å². The molecule has 0 aromatic heterocycles. The van der Waals surface area contributed by atoms with E-state index < -0.39 is 0 Å². The van der Waals surface area contributed by atoms with Gasteiger partial charge in [-0.05, 0) is 0 Å². The Morgan fingerprint density at radius 3 is 3.27 bits per heavy atom. The minimum Gasteiger partial charge on any atom is -0.394 e. The van der Waals surface area contributed by atoms with E-state index in [2.05, 4.69) is 20.0 Å². The Morgan fingerprint density at radius 1 is 1.91 bits per heavy atom. The van der Waals surface area contributed by atoms with Crippen LogP contribution in [0.3, 0.4) is 0 Å². The molecule has 1 amide bonds. The van der Waals surface area contributed by atoms with Crippen LogP contribution >= 0.6 is 0 Å². The van der Waals surface area contributed by atoms with Gasteiger partial charge in [0.2, 0.25) is 0 Å². The SMILES string of the molecule is COCC(=O)NC1=NOCC1. The Balaban J connectivity index is 2.24. The number of ether oxygens (including phenoxy) is 1. The molecule has 0 aromatic rings. The van der Waals surface area contributed by atoms with Crippen molar-refractivity contribution in [3.8, 4) is 0 Å². The van der Waals surface area contributed by atoms with Gasteiger partial charge in [0.05, 0.1) is 0 Å². The summed E-state index contributed by atoms with van der Waals surface area (Å²) in [7, 11) is 1.46. The van der Waals surface area contributed by atoms with Crippen molar-refractivity contribution in [1.29, 1.82) is 0 Å². The molecule has 0 radical (unpaired) electrons. The van der Waals surface area contributed by atoms with Crippen molar-refractivity contribution in [2.45, 2.75) is 6.42 Å². The Kier molecular flexibility index (Phi) is 2.85. The largest absolute Gasteiger partial charge is 0.394 e. The first-order chi connectivity index (χ1) is 5.33. The van der Waals surface area contributed by atoms with Gasteiger partial charge in [0, 0.05) is 13.5 Å². The van der Waals surface area contributed by atoms with Crippen LogP contribution in [0.25, 0.3) is 0 Å². The fraction of sp³-hybridized carbons (Fsp3) is 0.667. The average molecular weight is 158 g/mol. The highest BCUT2D eigenvalue weighted by Gasteiger charge is 2.10. The molecular formula is C6H10N2O3. The monoisotopic (exact) mass is 158 g/mol. The number of amides is 1. The first-order valence-electron chi connectivity index (χ1n) is 3.30. The molecule has 1 aliphatic rings. The van der Waals surface area contributed by atoms with Gasteiger partial charge in [-0.25, -0.2) is 0 Å². The van der Waals surface area contributed by atoms with Crippen molar-refractivity contribution >= 4 is 11.7 Å². The first kappa shape index (κ1) is 8.00. The zero-order valence-electron chi connectivity index (χ0n) is 6.29. The summed E-state index contributed by atoms with van der Waals surface area (Å²) in [6, 6.07) is 0.